The average Bonchev–Trinajstić information content (AvgIpc) is 2.81. The molecule has 0 saturated carbocycles. The van der Waals surface area contributed by atoms with Gasteiger partial charge in [-0.05, 0) is 24.1 Å². The molecule has 102 valence electrons. The molecule has 1 amide bonds. The van der Waals surface area contributed by atoms with Crippen molar-refractivity contribution in [1.29, 1.82) is 0 Å². The number of halogens is 1. The molecular weight excluding hydrogens is 288 g/mol. The molecule has 5 nitrogen and oxygen atoms in total. The van der Waals surface area contributed by atoms with Gasteiger partial charge in [-0.1, -0.05) is 11.6 Å². The Labute approximate surface area is 116 Å². The lowest BCUT2D eigenvalue weighted by Gasteiger charge is -2.15. The van der Waals surface area contributed by atoms with Gasteiger partial charge in [-0.2, -0.15) is 0 Å². The normalized spacial score (nSPS) is 24.1. The first-order valence-corrected chi connectivity index (χ1v) is 8.22. The Kier molecular flexibility index (Phi) is 2.94. The fraction of sp³-hybridized carbons (Fsp3) is 0.417. The van der Waals surface area contributed by atoms with Gasteiger partial charge in [0, 0.05) is 11.7 Å². The summed E-state index contributed by atoms with van der Waals surface area (Å²) < 4.78 is 22.8. The lowest BCUT2D eigenvalue weighted by Crippen LogP contribution is -2.20. The highest BCUT2D eigenvalue weighted by Gasteiger charge is 2.28. The summed E-state index contributed by atoms with van der Waals surface area (Å²) >= 11 is 6.14. The van der Waals surface area contributed by atoms with E-state index in [1.54, 1.807) is 6.07 Å². The quantitative estimate of drug-likeness (QED) is 0.866. The lowest BCUT2D eigenvalue weighted by molar-refractivity contribution is -0.115. The Morgan fingerprint density at radius 2 is 2.16 bits per heavy atom. The van der Waals surface area contributed by atoms with Crippen molar-refractivity contribution in [3.8, 4) is 0 Å². The number of hydrogen-bond acceptors (Lipinski definition) is 4. The average molecular weight is 301 g/mol. The standard InChI is InChI=1S/C12H13ClN2O3S/c13-9-5-10-7(4-12(16)15-10)3-11(9)14-8-1-2-19(17,18)6-8/h3,5,8,14H,1-2,4,6H2,(H,15,16). The second kappa shape index (κ2) is 4.38. The summed E-state index contributed by atoms with van der Waals surface area (Å²) in [7, 11) is -2.92. The summed E-state index contributed by atoms with van der Waals surface area (Å²) in [5, 5.41) is 6.38. The lowest BCUT2D eigenvalue weighted by atomic mass is 10.1. The summed E-state index contributed by atoms with van der Waals surface area (Å²) in [6.45, 7) is 0. The van der Waals surface area contributed by atoms with Crippen LogP contribution in [0.25, 0.3) is 0 Å². The number of amides is 1. The van der Waals surface area contributed by atoms with E-state index in [-0.39, 0.29) is 23.5 Å². The maximum Gasteiger partial charge on any atom is 0.228 e. The Balaban J connectivity index is 1.83. The highest BCUT2D eigenvalue weighted by atomic mass is 35.5. The van der Waals surface area contributed by atoms with Crippen LogP contribution in [0.4, 0.5) is 11.4 Å². The molecule has 1 aromatic carbocycles. The number of anilines is 2. The molecule has 0 radical (unpaired) electrons. The molecule has 0 bridgehead atoms. The zero-order chi connectivity index (χ0) is 13.6. The summed E-state index contributed by atoms with van der Waals surface area (Å²) in [4.78, 5) is 11.3. The van der Waals surface area contributed by atoms with Crippen LogP contribution in [0.2, 0.25) is 5.02 Å². The summed E-state index contributed by atoms with van der Waals surface area (Å²) in [6.07, 6.45) is 0.928. The molecule has 1 unspecified atom stereocenters. The smallest absolute Gasteiger partial charge is 0.228 e. The molecule has 1 atom stereocenters. The van der Waals surface area contributed by atoms with E-state index in [2.05, 4.69) is 10.6 Å². The molecule has 0 spiro atoms. The number of nitrogens with one attached hydrogen (secondary N) is 2. The highest BCUT2D eigenvalue weighted by molar-refractivity contribution is 7.91. The topological polar surface area (TPSA) is 75.3 Å². The molecule has 2 aliphatic rings. The molecule has 2 heterocycles. The number of carbonyl (C=O) groups excluding carboxylic acids is 1. The van der Waals surface area contributed by atoms with Crippen LogP contribution < -0.4 is 10.6 Å². The third-order valence-corrected chi connectivity index (χ3v) is 5.49. The molecular formula is C12H13ClN2O3S. The van der Waals surface area contributed by atoms with E-state index in [0.29, 0.717) is 23.6 Å². The number of benzene rings is 1. The van der Waals surface area contributed by atoms with Crippen LogP contribution in [0.1, 0.15) is 12.0 Å². The third kappa shape index (κ3) is 2.55. The first-order chi connectivity index (χ1) is 8.93. The van der Waals surface area contributed by atoms with E-state index >= 15 is 0 Å². The van der Waals surface area contributed by atoms with Gasteiger partial charge in [0.05, 0.1) is 28.6 Å². The fourth-order valence-electron chi connectivity index (χ4n) is 2.49. The zero-order valence-corrected chi connectivity index (χ0v) is 11.6. The number of rotatable bonds is 2. The van der Waals surface area contributed by atoms with E-state index in [4.69, 9.17) is 11.6 Å². The van der Waals surface area contributed by atoms with E-state index < -0.39 is 9.84 Å². The molecule has 1 saturated heterocycles. The van der Waals surface area contributed by atoms with Crippen molar-refractivity contribution in [2.24, 2.45) is 0 Å². The largest absolute Gasteiger partial charge is 0.380 e. The van der Waals surface area contributed by atoms with Crippen LogP contribution in [-0.2, 0) is 21.1 Å². The second-order valence-electron chi connectivity index (χ2n) is 4.96. The SMILES string of the molecule is O=C1Cc2cc(NC3CCS(=O)(=O)C3)c(Cl)cc2N1. The minimum absolute atomic E-state index is 0.0494. The van der Waals surface area contributed by atoms with Crippen LogP contribution in [0.15, 0.2) is 12.1 Å². The van der Waals surface area contributed by atoms with E-state index in [9.17, 15) is 13.2 Å². The molecule has 3 rings (SSSR count). The Morgan fingerprint density at radius 1 is 1.37 bits per heavy atom. The van der Waals surface area contributed by atoms with Gasteiger partial charge in [0.15, 0.2) is 9.84 Å². The maximum absolute atomic E-state index is 11.4. The van der Waals surface area contributed by atoms with Crippen molar-refractivity contribution in [3.05, 3.63) is 22.7 Å². The zero-order valence-electron chi connectivity index (χ0n) is 10.1. The van der Waals surface area contributed by atoms with Crippen LogP contribution in [0.3, 0.4) is 0 Å². The number of fused-ring (bicyclic) bond motifs is 1. The van der Waals surface area contributed by atoms with Crippen molar-refractivity contribution in [3.63, 3.8) is 0 Å². The monoisotopic (exact) mass is 300 g/mol. The highest BCUT2D eigenvalue weighted by Crippen LogP contribution is 2.33. The van der Waals surface area contributed by atoms with Gasteiger partial charge in [-0.25, -0.2) is 8.42 Å². The number of carbonyl (C=O) groups is 1. The molecule has 19 heavy (non-hydrogen) atoms. The van der Waals surface area contributed by atoms with Crippen molar-refractivity contribution >= 4 is 38.7 Å². The first kappa shape index (κ1) is 12.7. The third-order valence-electron chi connectivity index (χ3n) is 3.41. The Bertz CT molecular complexity index is 657. The van der Waals surface area contributed by atoms with Gasteiger partial charge in [0.2, 0.25) is 5.91 Å². The predicted octanol–water partition coefficient (Wildman–Crippen LogP) is 1.43. The molecule has 2 aliphatic heterocycles. The maximum atomic E-state index is 11.4. The Morgan fingerprint density at radius 3 is 2.84 bits per heavy atom. The summed E-state index contributed by atoms with van der Waals surface area (Å²) in [5.41, 5.74) is 2.32. The minimum Gasteiger partial charge on any atom is -0.380 e. The summed E-state index contributed by atoms with van der Waals surface area (Å²) in [5.74, 6) is 0.303. The Hall–Kier alpha value is -1.27. The number of hydrogen-bond donors (Lipinski definition) is 2. The van der Waals surface area contributed by atoms with Gasteiger partial charge < -0.3 is 10.6 Å². The van der Waals surface area contributed by atoms with Gasteiger partial charge in [0.25, 0.3) is 0 Å². The van der Waals surface area contributed by atoms with Crippen LogP contribution >= 0.6 is 11.6 Å². The number of sulfone groups is 1. The van der Waals surface area contributed by atoms with Gasteiger partial charge in [0.1, 0.15) is 0 Å². The fourth-order valence-corrected chi connectivity index (χ4v) is 4.38. The van der Waals surface area contributed by atoms with E-state index in [1.165, 1.54) is 0 Å². The van der Waals surface area contributed by atoms with Gasteiger partial charge >= 0.3 is 0 Å². The van der Waals surface area contributed by atoms with Crippen molar-refractivity contribution < 1.29 is 13.2 Å². The predicted molar refractivity (Wildman–Crippen MR) is 74.5 cm³/mol. The van der Waals surface area contributed by atoms with E-state index in [0.717, 1.165) is 11.3 Å². The molecule has 0 aliphatic carbocycles. The first-order valence-electron chi connectivity index (χ1n) is 6.02. The van der Waals surface area contributed by atoms with Crippen molar-refractivity contribution in [2.75, 3.05) is 22.1 Å². The molecule has 1 fully saturated rings. The molecule has 0 aromatic heterocycles. The van der Waals surface area contributed by atoms with Gasteiger partial charge in [-0.3, -0.25) is 4.79 Å². The summed E-state index contributed by atoms with van der Waals surface area (Å²) in [6, 6.07) is 3.42. The van der Waals surface area contributed by atoms with E-state index in [1.807, 2.05) is 6.07 Å². The van der Waals surface area contributed by atoms with Crippen LogP contribution in [-0.4, -0.2) is 31.9 Å². The molecule has 2 N–H and O–H groups in total. The molecule has 1 aromatic rings. The minimum atomic E-state index is -2.92. The van der Waals surface area contributed by atoms with Crippen molar-refractivity contribution in [1.82, 2.24) is 0 Å². The van der Waals surface area contributed by atoms with Gasteiger partial charge in [-0.15, -0.1) is 0 Å². The molecule has 7 heteroatoms. The van der Waals surface area contributed by atoms with Crippen molar-refractivity contribution in [2.45, 2.75) is 18.9 Å². The van der Waals surface area contributed by atoms with Crippen LogP contribution in [0, 0.1) is 0 Å². The van der Waals surface area contributed by atoms with Crippen LogP contribution in [0.5, 0.6) is 0 Å². The second-order valence-corrected chi connectivity index (χ2v) is 7.59.